The first-order valence-electron chi connectivity index (χ1n) is 7.85. The van der Waals surface area contributed by atoms with Crippen molar-refractivity contribution in [1.82, 2.24) is 5.32 Å². The number of amides is 1. The lowest BCUT2D eigenvalue weighted by Crippen LogP contribution is -2.62. The van der Waals surface area contributed by atoms with Crippen LogP contribution in [0, 0.1) is 11.8 Å². The lowest BCUT2D eigenvalue weighted by Gasteiger charge is -2.29. The molecule has 0 aromatic rings. The highest BCUT2D eigenvalue weighted by Gasteiger charge is 2.76. The van der Waals surface area contributed by atoms with Crippen LogP contribution in [0.15, 0.2) is 0 Å². The molecule has 0 aliphatic carbocycles. The molecule has 154 valence electrons. The van der Waals surface area contributed by atoms with Crippen molar-refractivity contribution >= 4 is 11.9 Å². The second kappa shape index (κ2) is 8.90. The van der Waals surface area contributed by atoms with Crippen molar-refractivity contribution < 1.29 is 45.1 Å². The lowest BCUT2D eigenvalue weighted by atomic mass is 10.0. The molecule has 0 spiro atoms. The third-order valence-electron chi connectivity index (χ3n) is 3.41. The molecular formula is C15H22F7NO3. The minimum absolute atomic E-state index is 0.106. The lowest BCUT2D eigenvalue weighted by molar-refractivity contribution is -0.344. The summed E-state index contributed by atoms with van der Waals surface area (Å²) in [4.78, 5) is 23.2. The maximum atomic E-state index is 13.3. The Hall–Kier alpha value is -1.55. The minimum atomic E-state index is -6.64. The molecule has 0 aliphatic rings. The second-order valence-corrected chi connectivity index (χ2v) is 6.55. The fourth-order valence-corrected chi connectivity index (χ4v) is 1.80. The van der Waals surface area contributed by atoms with E-state index < -0.39 is 41.9 Å². The Morgan fingerprint density at radius 1 is 0.962 bits per heavy atom. The molecule has 0 heterocycles. The predicted molar refractivity (Wildman–Crippen MR) is 77.7 cm³/mol. The average Bonchev–Trinajstić information content (AvgIpc) is 2.46. The van der Waals surface area contributed by atoms with Gasteiger partial charge in [0, 0.05) is 0 Å². The second-order valence-electron chi connectivity index (χ2n) is 6.55. The van der Waals surface area contributed by atoms with Gasteiger partial charge in [-0.3, -0.25) is 4.79 Å². The van der Waals surface area contributed by atoms with Crippen molar-refractivity contribution in [2.24, 2.45) is 11.8 Å². The van der Waals surface area contributed by atoms with Gasteiger partial charge in [-0.2, -0.15) is 30.7 Å². The summed E-state index contributed by atoms with van der Waals surface area (Å²) in [7, 11) is 0. The molecule has 0 aliphatic heterocycles. The van der Waals surface area contributed by atoms with Gasteiger partial charge in [0.05, 0.1) is 6.61 Å². The van der Waals surface area contributed by atoms with E-state index >= 15 is 0 Å². The summed E-state index contributed by atoms with van der Waals surface area (Å²) < 4.78 is 93.6. The van der Waals surface area contributed by atoms with E-state index in [0.29, 0.717) is 18.8 Å². The number of alkyl halides is 7. The minimum Gasteiger partial charge on any atom is -0.464 e. The molecule has 0 saturated heterocycles. The predicted octanol–water partition coefficient (Wildman–Crippen LogP) is 3.94. The summed E-state index contributed by atoms with van der Waals surface area (Å²) in [5.41, 5.74) is 0. The number of esters is 1. The fourth-order valence-electron chi connectivity index (χ4n) is 1.80. The monoisotopic (exact) mass is 397 g/mol. The van der Waals surface area contributed by atoms with Crippen LogP contribution in [0.1, 0.15) is 40.5 Å². The Bertz CT molecular complexity index is 490. The molecule has 26 heavy (non-hydrogen) atoms. The highest BCUT2D eigenvalue weighted by Crippen LogP contribution is 2.46. The van der Waals surface area contributed by atoms with Gasteiger partial charge in [-0.1, -0.05) is 27.7 Å². The average molecular weight is 397 g/mol. The molecule has 0 saturated carbocycles. The van der Waals surface area contributed by atoms with E-state index in [2.05, 4.69) is 0 Å². The van der Waals surface area contributed by atoms with E-state index in [1.807, 2.05) is 13.8 Å². The van der Waals surface area contributed by atoms with Gasteiger partial charge < -0.3 is 10.1 Å². The summed E-state index contributed by atoms with van der Waals surface area (Å²) in [5.74, 6) is -17.4. The van der Waals surface area contributed by atoms with Crippen molar-refractivity contribution in [1.29, 1.82) is 0 Å². The molecule has 4 nitrogen and oxygen atoms in total. The third kappa shape index (κ3) is 6.01. The number of hydrogen-bond acceptors (Lipinski definition) is 3. The maximum absolute atomic E-state index is 13.3. The van der Waals surface area contributed by atoms with E-state index in [9.17, 15) is 40.3 Å². The third-order valence-corrected chi connectivity index (χ3v) is 3.41. The van der Waals surface area contributed by atoms with Crippen LogP contribution in [-0.2, 0) is 14.3 Å². The Kier molecular flexibility index (Phi) is 8.37. The van der Waals surface area contributed by atoms with Crippen LogP contribution >= 0.6 is 0 Å². The molecule has 0 aromatic heterocycles. The van der Waals surface area contributed by atoms with Crippen LogP contribution in [0.5, 0.6) is 0 Å². The van der Waals surface area contributed by atoms with Crippen molar-refractivity contribution in [3.63, 3.8) is 0 Å². The summed E-state index contributed by atoms with van der Waals surface area (Å²) in [5, 5.41) is 1.24. The highest BCUT2D eigenvalue weighted by molar-refractivity contribution is 5.89. The van der Waals surface area contributed by atoms with Crippen LogP contribution in [0.4, 0.5) is 30.7 Å². The SMILES string of the molecule is CC(C)CCCOC(=O)C(NC(=O)C(F)(F)C(F)(F)C(F)(F)F)C(C)C. The number of rotatable bonds is 9. The molecule has 0 aromatic carbocycles. The quantitative estimate of drug-likeness (QED) is 0.364. The van der Waals surface area contributed by atoms with Crippen molar-refractivity contribution in [3.8, 4) is 0 Å². The molecule has 1 amide bonds. The number of halogens is 7. The van der Waals surface area contributed by atoms with E-state index in [-0.39, 0.29) is 6.61 Å². The topological polar surface area (TPSA) is 55.4 Å². The Balaban J connectivity index is 5.10. The zero-order chi connectivity index (χ0) is 20.9. The zero-order valence-electron chi connectivity index (χ0n) is 14.7. The zero-order valence-corrected chi connectivity index (χ0v) is 14.7. The molecule has 1 N–H and O–H groups in total. The molecule has 1 unspecified atom stereocenters. The highest BCUT2D eigenvalue weighted by atomic mass is 19.4. The van der Waals surface area contributed by atoms with E-state index in [0.717, 1.165) is 0 Å². The van der Waals surface area contributed by atoms with Gasteiger partial charge in [0.2, 0.25) is 0 Å². The van der Waals surface area contributed by atoms with Gasteiger partial charge in [0.25, 0.3) is 5.91 Å². The van der Waals surface area contributed by atoms with E-state index in [1.54, 1.807) is 0 Å². The van der Waals surface area contributed by atoms with Crippen LogP contribution in [0.2, 0.25) is 0 Å². The summed E-state index contributed by atoms with van der Waals surface area (Å²) in [6, 6.07) is -1.79. The summed E-state index contributed by atoms with van der Waals surface area (Å²) >= 11 is 0. The van der Waals surface area contributed by atoms with Crippen LogP contribution in [0.3, 0.4) is 0 Å². The van der Waals surface area contributed by atoms with Gasteiger partial charge in [-0.25, -0.2) is 4.79 Å². The molecule has 1 atom stereocenters. The largest absolute Gasteiger partial charge is 0.464 e. The number of nitrogens with one attached hydrogen (secondary N) is 1. The Morgan fingerprint density at radius 3 is 1.85 bits per heavy atom. The fraction of sp³-hybridized carbons (Fsp3) is 0.867. The molecule has 0 radical (unpaired) electrons. The van der Waals surface area contributed by atoms with Crippen molar-refractivity contribution in [2.45, 2.75) is 64.6 Å². The standard InChI is InChI=1S/C15H22F7NO3/c1-8(2)6-5-7-26-11(24)10(9(3)4)23-12(25)13(16,17)14(18,19)15(20,21)22/h8-10H,5-7H2,1-4H3,(H,23,25). The van der Waals surface area contributed by atoms with E-state index in [4.69, 9.17) is 4.74 Å². The number of hydrogen-bond donors (Lipinski definition) is 1. The van der Waals surface area contributed by atoms with Gasteiger partial charge in [0.1, 0.15) is 6.04 Å². The van der Waals surface area contributed by atoms with Gasteiger partial charge >= 0.3 is 24.0 Å². The summed E-state index contributed by atoms with van der Waals surface area (Å²) in [6.45, 7) is 6.26. The van der Waals surface area contributed by atoms with Crippen molar-refractivity contribution in [2.75, 3.05) is 6.61 Å². The molecule has 0 fully saturated rings. The Morgan fingerprint density at radius 2 is 1.46 bits per heavy atom. The molecule has 0 rings (SSSR count). The van der Waals surface area contributed by atoms with Crippen molar-refractivity contribution in [3.05, 3.63) is 0 Å². The van der Waals surface area contributed by atoms with Gasteiger partial charge in [-0.15, -0.1) is 0 Å². The van der Waals surface area contributed by atoms with Gasteiger partial charge in [-0.05, 0) is 24.7 Å². The normalized spacial score (nSPS) is 14.5. The summed E-state index contributed by atoms with van der Waals surface area (Å²) in [6.07, 6.45) is -5.52. The number of carbonyl (C=O) groups is 2. The first-order valence-corrected chi connectivity index (χ1v) is 7.85. The van der Waals surface area contributed by atoms with Gasteiger partial charge in [0.15, 0.2) is 0 Å². The Labute approximate surface area is 146 Å². The molecular weight excluding hydrogens is 375 g/mol. The first kappa shape index (κ1) is 24.5. The molecule has 0 bridgehead atoms. The molecule has 11 heteroatoms. The van der Waals surface area contributed by atoms with Crippen LogP contribution in [-0.4, -0.2) is 42.5 Å². The van der Waals surface area contributed by atoms with Crippen LogP contribution in [0.25, 0.3) is 0 Å². The maximum Gasteiger partial charge on any atom is 0.460 e. The smallest absolute Gasteiger partial charge is 0.460 e. The van der Waals surface area contributed by atoms with Crippen LogP contribution < -0.4 is 5.32 Å². The van der Waals surface area contributed by atoms with E-state index in [1.165, 1.54) is 19.2 Å². The first-order chi connectivity index (χ1) is 11.6. The number of carbonyl (C=O) groups excluding carboxylic acids is 2. The number of ether oxygens (including phenoxy) is 1.